The topological polar surface area (TPSA) is 17.1 Å². The molecule has 0 aromatic heterocycles. The SMILES string of the molecule is CC1CCC=CC1(C)C=O. The molecular formula is C9H14O. The van der Waals surface area contributed by atoms with Crippen LogP contribution >= 0.6 is 0 Å². The molecule has 0 spiro atoms. The Bertz CT molecular complexity index is 160. The van der Waals surface area contributed by atoms with Crippen molar-refractivity contribution in [2.24, 2.45) is 11.3 Å². The van der Waals surface area contributed by atoms with Gasteiger partial charge in [0, 0.05) is 5.41 Å². The molecule has 1 aliphatic rings. The van der Waals surface area contributed by atoms with Crippen molar-refractivity contribution in [3.8, 4) is 0 Å². The van der Waals surface area contributed by atoms with Gasteiger partial charge in [0.2, 0.25) is 0 Å². The minimum absolute atomic E-state index is 0.182. The van der Waals surface area contributed by atoms with Gasteiger partial charge in [-0.15, -0.1) is 0 Å². The van der Waals surface area contributed by atoms with Crippen LogP contribution in [0.25, 0.3) is 0 Å². The molecule has 0 fully saturated rings. The first-order valence-corrected chi connectivity index (χ1v) is 3.83. The molecule has 0 heterocycles. The van der Waals surface area contributed by atoms with E-state index in [4.69, 9.17) is 0 Å². The summed E-state index contributed by atoms with van der Waals surface area (Å²) in [4.78, 5) is 10.6. The molecule has 2 atom stereocenters. The van der Waals surface area contributed by atoms with Crippen molar-refractivity contribution < 1.29 is 4.79 Å². The predicted molar refractivity (Wildman–Crippen MR) is 41.7 cm³/mol. The summed E-state index contributed by atoms with van der Waals surface area (Å²) in [6.45, 7) is 4.14. The van der Waals surface area contributed by atoms with E-state index in [-0.39, 0.29) is 5.41 Å². The Kier molecular flexibility index (Phi) is 1.93. The smallest absolute Gasteiger partial charge is 0.129 e. The summed E-state index contributed by atoms with van der Waals surface area (Å²) in [7, 11) is 0. The van der Waals surface area contributed by atoms with Gasteiger partial charge in [0.25, 0.3) is 0 Å². The van der Waals surface area contributed by atoms with E-state index in [2.05, 4.69) is 13.0 Å². The normalized spacial score (nSPS) is 39.6. The first kappa shape index (κ1) is 7.52. The van der Waals surface area contributed by atoms with Crippen LogP contribution < -0.4 is 0 Å². The summed E-state index contributed by atoms with van der Waals surface area (Å²) in [6, 6.07) is 0. The molecular weight excluding hydrogens is 124 g/mol. The van der Waals surface area contributed by atoms with Crippen LogP contribution in [0.1, 0.15) is 26.7 Å². The van der Waals surface area contributed by atoms with Crippen LogP contribution in [0, 0.1) is 11.3 Å². The van der Waals surface area contributed by atoms with Gasteiger partial charge in [-0.3, -0.25) is 0 Å². The monoisotopic (exact) mass is 138 g/mol. The van der Waals surface area contributed by atoms with Crippen molar-refractivity contribution in [3.63, 3.8) is 0 Å². The van der Waals surface area contributed by atoms with Crippen LogP contribution in [-0.4, -0.2) is 6.29 Å². The molecule has 1 aliphatic carbocycles. The second-order valence-corrected chi connectivity index (χ2v) is 3.36. The van der Waals surface area contributed by atoms with Crippen molar-refractivity contribution in [2.45, 2.75) is 26.7 Å². The number of hydrogen-bond donors (Lipinski definition) is 0. The Hall–Kier alpha value is -0.590. The van der Waals surface area contributed by atoms with E-state index >= 15 is 0 Å². The molecule has 0 saturated carbocycles. The third-order valence-corrected chi connectivity index (χ3v) is 2.56. The average molecular weight is 138 g/mol. The van der Waals surface area contributed by atoms with Crippen molar-refractivity contribution in [2.75, 3.05) is 0 Å². The maximum absolute atomic E-state index is 10.6. The first-order valence-electron chi connectivity index (χ1n) is 3.83. The summed E-state index contributed by atoms with van der Waals surface area (Å²) in [5.41, 5.74) is -0.182. The molecule has 1 heteroatoms. The van der Waals surface area contributed by atoms with Gasteiger partial charge in [-0.2, -0.15) is 0 Å². The molecule has 1 rings (SSSR count). The highest BCUT2D eigenvalue weighted by atomic mass is 16.1. The molecule has 0 bridgehead atoms. The fourth-order valence-electron chi connectivity index (χ4n) is 1.31. The molecule has 0 aromatic carbocycles. The van der Waals surface area contributed by atoms with Crippen LogP contribution in [-0.2, 0) is 4.79 Å². The Balaban J connectivity index is 2.80. The van der Waals surface area contributed by atoms with Crippen molar-refractivity contribution >= 4 is 6.29 Å². The van der Waals surface area contributed by atoms with Gasteiger partial charge in [0.1, 0.15) is 6.29 Å². The first-order chi connectivity index (χ1) is 4.69. The van der Waals surface area contributed by atoms with Crippen LogP contribution in [0.15, 0.2) is 12.2 Å². The molecule has 10 heavy (non-hydrogen) atoms. The van der Waals surface area contributed by atoms with Crippen molar-refractivity contribution in [3.05, 3.63) is 12.2 Å². The van der Waals surface area contributed by atoms with Crippen molar-refractivity contribution in [1.82, 2.24) is 0 Å². The standard InChI is InChI=1S/C9H14O/c1-8-5-3-4-6-9(8,2)7-10/h4,6-8H,3,5H2,1-2H3. The van der Waals surface area contributed by atoms with E-state index in [1.54, 1.807) is 0 Å². The van der Waals surface area contributed by atoms with E-state index < -0.39 is 0 Å². The zero-order valence-corrected chi connectivity index (χ0v) is 6.63. The van der Waals surface area contributed by atoms with Gasteiger partial charge >= 0.3 is 0 Å². The quantitative estimate of drug-likeness (QED) is 0.401. The lowest BCUT2D eigenvalue weighted by Gasteiger charge is -2.29. The third kappa shape index (κ3) is 1.13. The molecule has 56 valence electrons. The van der Waals surface area contributed by atoms with Crippen LogP contribution in [0.2, 0.25) is 0 Å². The van der Waals surface area contributed by atoms with Crippen molar-refractivity contribution in [1.29, 1.82) is 0 Å². The Labute approximate surface area is 62.1 Å². The van der Waals surface area contributed by atoms with E-state index in [9.17, 15) is 4.79 Å². The van der Waals surface area contributed by atoms with Gasteiger partial charge in [0.05, 0.1) is 0 Å². The number of hydrogen-bond acceptors (Lipinski definition) is 1. The van der Waals surface area contributed by atoms with Crippen LogP contribution in [0.3, 0.4) is 0 Å². The van der Waals surface area contributed by atoms with E-state index in [0.717, 1.165) is 19.1 Å². The molecule has 1 nitrogen and oxygen atoms in total. The minimum Gasteiger partial charge on any atom is -0.302 e. The molecule has 0 saturated heterocycles. The number of carbonyl (C=O) groups excluding carboxylic acids is 1. The summed E-state index contributed by atoms with van der Waals surface area (Å²) in [6.07, 6.45) is 7.48. The highest BCUT2D eigenvalue weighted by molar-refractivity contribution is 5.62. The lowest BCUT2D eigenvalue weighted by atomic mass is 9.74. The number of carbonyl (C=O) groups is 1. The Morgan fingerprint density at radius 1 is 1.70 bits per heavy atom. The predicted octanol–water partition coefficient (Wildman–Crippen LogP) is 2.18. The highest BCUT2D eigenvalue weighted by Gasteiger charge is 2.29. The fourth-order valence-corrected chi connectivity index (χ4v) is 1.31. The molecule has 0 N–H and O–H groups in total. The molecule has 0 radical (unpaired) electrons. The maximum atomic E-state index is 10.6. The molecule has 0 amide bonds. The van der Waals surface area contributed by atoms with Gasteiger partial charge < -0.3 is 4.79 Å². The lowest BCUT2D eigenvalue weighted by Crippen LogP contribution is -2.26. The minimum atomic E-state index is -0.182. The largest absolute Gasteiger partial charge is 0.302 e. The Morgan fingerprint density at radius 2 is 2.40 bits per heavy atom. The van der Waals surface area contributed by atoms with Gasteiger partial charge in [0.15, 0.2) is 0 Å². The Morgan fingerprint density at radius 3 is 2.80 bits per heavy atom. The number of aldehydes is 1. The van der Waals surface area contributed by atoms with E-state index in [0.29, 0.717) is 5.92 Å². The summed E-state index contributed by atoms with van der Waals surface area (Å²) < 4.78 is 0. The average Bonchev–Trinajstić information content (AvgIpc) is 1.96. The summed E-state index contributed by atoms with van der Waals surface area (Å²) >= 11 is 0. The van der Waals surface area contributed by atoms with Crippen LogP contribution in [0.4, 0.5) is 0 Å². The zero-order chi connectivity index (χ0) is 7.61. The van der Waals surface area contributed by atoms with Crippen LogP contribution in [0.5, 0.6) is 0 Å². The summed E-state index contributed by atoms with van der Waals surface area (Å²) in [5.74, 6) is 0.509. The van der Waals surface area contributed by atoms with Gasteiger partial charge in [-0.1, -0.05) is 19.1 Å². The third-order valence-electron chi connectivity index (χ3n) is 2.56. The summed E-state index contributed by atoms with van der Waals surface area (Å²) in [5, 5.41) is 0. The highest BCUT2D eigenvalue weighted by Crippen LogP contribution is 2.33. The molecule has 2 unspecified atom stereocenters. The van der Waals surface area contributed by atoms with E-state index in [1.807, 2.05) is 13.0 Å². The molecule has 0 aliphatic heterocycles. The number of rotatable bonds is 1. The second-order valence-electron chi connectivity index (χ2n) is 3.36. The molecule has 0 aromatic rings. The van der Waals surface area contributed by atoms with E-state index in [1.165, 1.54) is 0 Å². The number of allylic oxidation sites excluding steroid dienone is 2. The lowest BCUT2D eigenvalue weighted by molar-refractivity contribution is -0.115. The van der Waals surface area contributed by atoms with Gasteiger partial charge in [-0.25, -0.2) is 0 Å². The van der Waals surface area contributed by atoms with Gasteiger partial charge in [-0.05, 0) is 25.7 Å². The fraction of sp³-hybridized carbons (Fsp3) is 0.667. The zero-order valence-electron chi connectivity index (χ0n) is 6.63. The maximum Gasteiger partial charge on any atom is 0.129 e. The second kappa shape index (κ2) is 2.57.